The number of aliphatic hydroxyl groups excluding tert-OH is 1. The predicted octanol–water partition coefficient (Wildman–Crippen LogP) is 0.458. The number of sulfonamides is 1. The molecule has 0 bridgehead atoms. The fourth-order valence-corrected chi connectivity index (χ4v) is 2.35. The number of nitrogens with one attached hydrogen (secondary N) is 2. The SMILES string of the molecule is CC(C)COCCNS(=O)(=O)c1c[nH]c(CO)c1. The Morgan fingerprint density at radius 2 is 2.22 bits per heavy atom. The molecular formula is C11H20N2O4S. The van der Waals surface area contributed by atoms with Gasteiger partial charge in [-0.1, -0.05) is 13.8 Å². The first-order valence-electron chi connectivity index (χ1n) is 5.81. The lowest BCUT2D eigenvalue weighted by atomic mass is 10.2. The Bertz CT molecular complexity index is 453. The van der Waals surface area contributed by atoms with Gasteiger partial charge in [0.15, 0.2) is 0 Å². The molecule has 3 N–H and O–H groups in total. The molecule has 0 unspecified atom stereocenters. The van der Waals surface area contributed by atoms with Gasteiger partial charge in [0, 0.05) is 25.0 Å². The molecule has 0 aliphatic heterocycles. The van der Waals surface area contributed by atoms with E-state index >= 15 is 0 Å². The minimum atomic E-state index is -3.52. The molecule has 1 aromatic heterocycles. The van der Waals surface area contributed by atoms with Gasteiger partial charge >= 0.3 is 0 Å². The molecule has 0 saturated carbocycles. The summed E-state index contributed by atoms with van der Waals surface area (Å²) in [5.74, 6) is 0.429. The molecule has 1 rings (SSSR count). The van der Waals surface area contributed by atoms with E-state index in [1.54, 1.807) is 0 Å². The van der Waals surface area contributed by atoms with Crippen LogP contribution in [0.4, 0.5) is 0 Å². The molecule has 0 atom stereocenters. The second-order valence-electron chi connectivity index (χ2n) is 4.39. The number of rotatable bonds is 8. The molecule has 0 aromatic carbocycles. The van der Waals surface area contributed by atoms with Gasteiger partial charge in [-0.25, -0.2) is 13.1 Å². The average molecular weight is 276 g/mol. The molecule has 0 saturated heterocycles. The van der Waals surface area contributed by atoms with Crippen molar-refractivity contribution in [1.29, 1.82) is 0 Å². The maximum absolute atomic E-state index is 11.8. The van der Waals surface area contributed by atoms with Gasteiger partial charge in [-0.05, 0) is 12.0 Å². The highest BCUT2D eigenvalue weighted by atomic mass is 32.2. The number of aromatic nitrogens is 1. The molecule has 0 spiro atoms. The summed E-state index contributed by atoms with van der Waals surface area (Å²) < 4.78 is 31.3. The van der Waals surface area contributed by atoms with Crippen molar-refractivity contribution in [2.24, 2.45) is 5.92 Å². The maximum Gasteiger partial charge on any atom is 0.242 e. The minimum absolute atomic E-state index is 0.121. The van der Waals surface area contributed by atoms with Gasteiger partial charge in [-0.15, -0.1) is 0 Å². The summed E-state index contributed by atoms with van der Waals surface area (Å²) in [7, 11) is -3.52. The first kappa shape index (κ1) is 15.2. The molecule has 1 heterocycles. The van der Waals surface area contributed by atoms with Crippen LogP contribution in [-0.4, -0.2) is 38.3 Å². The van der Waals surface area contributed by atoms with Crippen molar-refractivity contribution in [2.45, 2.75) is 25.3 Å². The Hall–Kier alpha value is -0.890. The van der Waals surface area contributed by atoms with Crippen LogP contribution in [0.1, 0.15) is 19.5 Å². The first-order chi connectivity index (χ1) is 8.45. The van der Waals surface area contributed by atoms with Crippen molar-refractivity contribution in [2.75, 3.05) is 19.8 Å². The third-order valence-corrected chi connectivity index (χ3v) is 3.63. The van der Waals surface area contributed by atoms with E-state index in [4.69, 9.17) is 9.84 Å². The molecule has 0 aliphatic rings. The number of hydrogen-bond acceptors (Lipinski definition) is 4. The number of aromatic amines is 1. The largest absolute Gasteiger partial charge is 0.390 e. The topological polar surface area (TPSA) is 91.4 Å². The summed E-state index contributed by atoms with van der Waals surface area (Å²) >= 11 is 0. The normalized spacial score (nSPS) is 12.2. The minimum Gasteiger partial charge on any atom is -0.390 e. The third-order valence-electron chi connectivity index (χ3n) is 2.19. The van der Waals surface area contributed by atoms with Gasteiger partial charge in [0.25, 0.3) is 0 Å². The lowest BCUT2D eigenvalue weighted by molar-refractivity contribution is 0.114. The summed E-state index contributed by atoms with van der Waals surface area (Å²) in [6.07, 6.45) is 1.35. The first-order valence-corrected chi connectivity index (χ1v) is 7.29. The summed E-state index contributed by atoms with van der Waals surface area (Å²) in [4.78, 5) is 2.80. The Morgan fingerprint density at radius 3 is 2.78 bits per heavy atom. The van der Waals surface area contributed by atoms with Gasteiger partial charge in [0.1, 0.15) is 0 Å². The van der Waals surface area contributed by atoms with Gasteiger partial charge in [-0.2, -0.15) is 0 Å². The number of hydrogen-bond donors (Lipinski definition) is 3. The lowest BCUT2D eigenvalue weighted by Crippen LogP contribution is -2.27. The Labute approximate surface area is 107 Å². The van der Waals surface area contributed by atoms with Gasteiger partial charge in [-0.3, -0.25) is 0 Å². The van der Waals surface area contributed by atoms with E-state index in [-0.39, 0.29) is 18.0 Å². The van der Waals surface area contributed by atoms with Crippen molar-refractivity contribution in [3.8, 4) is 0 Å². The van der Waals surface area contributed by atoms with E-state index < -0.39 is 10.0 Å². The van der Waals surface area contributed by atoms with Gasteiger partial charge in [0.2, 0.25) is 10.0 Å². The van der Waals surface area contributed by atoms with E-state index in [0.29, 0.717) is 24.8 Å². The quantitative estimate of drug-likeness (QED) is 0.601. The smallest absolute Gasteiger partial charge is 0.242 e. The summed E-state index contributed by atoms with van der Waals surface area (Å²) in [6.45, 7) is 5.03. The van der Waals surface area contributed by atoms with Crippen molar-refractivity contribution in [3.05, 3.63) is 18.0 Å². The van der Waals surface area contributed by atoms with Crippen molar-refractivity contribution in [3.63, 3.8) is 0 Å². The van der Waals surface area contributed by atoms with Crippen LogP contribution in [0.5, 0.6) is 0 Å². The van der Waals surface area contributed by atoms with Crippen LogP contribution >= 0.6 is 0 Å². The predicted molar refractivity (Wildman–Crippen MR) is 67.6 cm³/mol. The molecule has 0 amide bonds. The summed E-state index contributed by atoms with van der Waals surface area (Å²) in [6, 6.07) is 1.40. The summed E-state index contributed by atoms with van der Waals surface area (Å²) in [5, 5.41) is 8.85. The van der Waals surface area contributed by atoms with E-state index in [1.165, 1.54) is 12.3 Å². The zero-order chi connectivity index (χ0) is 13.6. The van der Waals surface area contributed by atoms with Crippen molar-refractivity contribution < 1.29 is 18.3 Å². The molecule has 0 radical (unpaired) electrons. The van der Waals surface area contributed by atoms with E-state index in [0.717, 1.165) is 0 Å². The monoisotopic (exact) mass is 276 g/mol. The molecule has 6 nitrogen and oxygen atoms in total. The van der Waals surface area contributed by atoms with Crippen LogP contribution in [0.25, 0.3) is 0 Å². The standard InChI is InChI=1S/C11H20N2O4S/c1-9(2)8-17-4-3-13-18(15,16)11-5-10(7-14)12-6-11/h5-6,9,12-14H,3-4,7-8H2,1-2H3. The average Bonchev–Trinajstić information content (AvgIpc) is 2.77. The Kier molecular flexibility index (Phi) is 5.80. The van der Waals surface area contributed by atoms with Crippen LogP contribution in [0.15, 0.2) is 17.2 Å². The second-order valence-corrected chi connectivity index (χ2v) is 6.15. The molecule has 1 aromatic rings. The molecule has 7 heteroatoms. The Morgan fingerprint density at radius 1 is 1.50 bits per heavy atom. The van der Waals surface area contributed by atoms with E-state index in [9.17, 15) is 8.42 Å². The van der Waals surface area contributed by atoms with Crippen molar-refractivity contribution >= 4 is 10.0 Å². The molecule has 0 aliphatic carbocycles. The highest BCUT2D eigenvalue weighted by molar-refractivity contribution is 7.89. The highest BCUT2D eigenvalue weighted by Crippen LogP contribution is 2.10. The van der Waals surface area contributed by atoms with Crippen LogP contribution < -0.4 is 4.72 Å². The second kappa shape index (κ2) is 6.89. The van der Waals surface area contributed by atoms with E-state index in [2.05, 4.69) is 9.71 Å². The van der Waals surface area contributed by atoms with Gasteiger partial charge in [0.05, 0.1) is 18.1 Å². The van der Waals surface area contributed by atoms with Gasteiger partial charge < -0.3 is 14.8 Å². The van der Waals surface area contributed by atoms with Crippen LogP contribution in [0.2, 0.25) is 0 Å². The number of ether oxygens (including phenoxy) is 1. The van der Waals surface area contributed by atoms with Crippen molar-refractivity contribution in [1.82, 2.24) is 9.71 Å². The third kappa shape index (κ3) is 4.77. The summed E-state index contributed by atoms with van der Waals surface area (Å²) in [5.41, 5.74) is 0.464. The maximum atomic E-state index is 11.8. The molecule has 0 fully saturated rings. The number of H-pyrrole nitrogens is 1. The van der Waals surface area contributed by atoms with Crippen LogP contribution in [0, 0.1) is 5.92 Å². The number of aliphatic hydroxyl groups is 1. The molecular weight excluding hydrogens is 256 g/mol. The Balaban J connectivity index is 2.40. The van der Waals surface area contributed by atoms with Crippen LogP contribution in [0.3, 0.4) is 0 Å². The molecule has 18 heavy (non-hydrogen) atoms. The molecule has 104 valence electrons. The fourth-order valence-electron chi connectivity index (χ4n) is 1.32. The zero-order valence-corrected chi connectivity index (χ0v) is 11.5. The van der Waals surface area contributed by atoms with E-state index in [1.807, 2.05) is 13.8 Å². The van der Waals surface area contributed by atoms with Crippen LogP contribution in [-0.2, 0) is 21.4 Å². The fraction of sp³-hybridized carbons (Fsp3) is 0.636. The zero-order valence-electron chi connectivity index (χ0n) is 10.6. The highest BCUT2D eigenvalue weighted by Gasteiger charge is 2.15. The lowest BCUT2D eigenvalue weighted by Gasteiger charge is -2.07.